The van der Waals surface area contributed by atoms with Crippen molar-refractivity contribution >= 4 is 28.0 Å². The van der Waals surface area contributed by atoms with Crippen molar-refractivity contribution in [2.45, 2.75) is 24.9 Å². The van der Waals surface area contributed by atoms with Crippen LogP contribution in [0.15, 0.2) is 73.2 Å². The molecule has 0 unspecified atom stereocenters. The molecule has 2 aliphatic rings. The Morgan fingerprint density at radius 1 is 1.00 bits per heavy atom. The molecule has 4 heterocycles. The molecule has 4 aromatic rings. The van der Waals surface area contributed by atoms with Gasteiger partial charge >= 0.3 is 0 Å². The number of rotatable bonds is 5. The first-order chi connectivity index (χ1) is 16.3. The summed E-state index contributed by atoms with van der Waals surface area (Å²) in [4.78, 5) is 10.0. The molecule has 0 radical (unpaired) electrons. The number of hydrogen-bond donors (Lipinski definition) is 2. The van der Waals surface area contributed by atoms with Gasteiger partial charge in [0.1, 0.15) is 11.4 Å². The number of benzene rings is 2. The highest BCUT2D eigenvalue weighted by Crippen LogP contribution is 2.42. The Labute approximate surface area is 193 Å². The van der Waals surface area contributed by atoms with Crippen LogP contribution in [0.5, 0.6) is 5.75 Å². The van der Waals surface area contributed by atoms with Crippen molar-refractivity contribution in [1.82, 2.24) is 9.97 Å². The summed E-state index contributed by atoms with van der Waals surface area (Å²) in [6.07, 6.45) is 8.54. The van der Waals surface area contributed by atoms with E-state index in [4.69, 9.17) is 9.47 Å². The van der Waals surface area contributed by atoms with Crippen molar-refractivity contribution in [3.05, 3.63) is 78.8 Å². The number of ether oxygens (including phenoxy) is 2. The summed E-state index contributed by atoms with van der Waals surface area (Å²) in [5.41, 5.74) is 5.55. The van der Waals surface area contributed by atoms with Crippen molar-refractivity contribution < 1.29 is 9.47 Å². The van der Waals surface area contributed by atoms with Gasteiger partial charge in [0.05, 0.1) is 25.4 Å². The van der Waals surface area contributed by atoms with Crippen LogP contribution in [0.4, 0.5) is 17.1 Å². The molecule has 6 heteroatoms. The Morgan fingerprint density at radius 3 is 2.73 bits per heavy atom. The number of nitrogens with one attached hydrogen (secondary N) is 2. The second-order valence-corrected chi connectivity index (χ2v) is 8.97. The second kappa shape index (κ2) is 8.45. The molecule has 33 heavy (non-hydrogen) atoms. The van der Waals surface area contributed by atoms with Gasteiger partial charge in [-0.3, -0.25) is 4.98 Å². The van der Waals surface area contributed by atoms with Gasteiger partial charge in [0, 0.05) is 66.3 Å². The third-order valence-electron chi connectivity index (χ3n) is 6.80. The van der Waals surface area contributed by atoms with Crippen molar-refractivity contribution in [3.63, 3.8) is 0 Å². The SMILES string of the molecule is c1ccc2c(CCN3CC4(CCOCC4)Oc4cc(Nc5ccncc5)ccc43)c[nH]c2c1. The number of nitrogens with zero attached hydrogens (tertiary/aromatic N) is 2. The fourth-order valence-electron chi connectivity index (χ4n) is 5.03. The molecule has 1 saturated heterocycles. The van der Waals surface area contributed by atoms with Crippen LogP contribution in [0.2, 0.25) is 0 Å². The zero-order valence-electron chi connectivity index (χ0n) is 18.6. The minimum atomic E-state index is -0.194. The Morgan fingerprint density at radius 2 is 1.85 bits per heavy atom. The van der Waals surface area contributed by atoms with Crippen LogP contribution < -0.4 is 15.0 Å². The largest absolute Gasteiger partial charge is 0.483 e. The lowest BCUT2D eigenvalue weighted by molar-refractivity contribution is -0.0454. The van der Waals surface area contributed by atoms with Crippen LogP contribution in [0.25, 0.3) is 10.9 Å². The topological polar surface area (TPSA) is 62.4 Å². The lowest BCUT2D eigenvalue weighted by Gasteiger charge is -2.46. The number of aromatic amines is 1. The molecule has 168 valence electrons. The molecule has 1 fully saturated rings. The van der Waals surface area contributed by atoms with Gasteiger partial charge in [0.15, 0.2) is 0 Å². The predicted molar refractivity (Wildman–Crippen MR) is 132 cm³/mol. The summed E-state index contributed by atoms with van der Waals surface area (Å²) >= 11 is 0. The van der Waals surface area contributed by atoms with Crippen molar-refractivity contribution in [2.24, 2.45) is 0 Å². The van der Waals surface area contributed by atoms with Crippen LogP contribution in [-0.2, 0) is 11.2 Å². The number of H-pyrrole nitrogens is 1. The average Bonchev–Trinajstić information content (AvgIpc) is 3.26. The van der Waals surface area contributed by atoms with Crippen LogP contribution in [0, 0.1) is 0 Å². The number of aromatic nitrogens is 2. The smallest absolute Gasteiger partial charge is 0.145 e. The van der Waals surface area contributed by atoms with E-state index in [1.807, 2.05) is 12.1 Å². The number of para-hydroxylation sites is 1. The minimum absolute atomic E-state index is 0.194. The molecule has 6 rings (SSSR count). The van der Waals surface area contributed by atoms with E-state index >= 15 is 0 Å². The van der Waals surface area contributed by atoms with E-state index in [2.05, 4.69) is 68.8 Å². The quantitative estimate of drug-likeness (QED) is 0.441. The predicted octanol–water partition coefficient (Wildman–Crippen LogP) is 5.30. The summed E-state index contributed by atoms with van der Waals surface area (Å²) in [5.74, 6) is 0.945. The lowest BCUT2D eigenvalue weighted by atomic mass is 9.91. The van der Waals surface area contributed by atoms with Gasteiger partial charge in [-0.15, -0.1) is 0 Å². The maximum Gasteiger partial charge on any atom is 0.145 e. The van der Waals surface area contributed by atoms with Crippen molar-refractivity contribution in [3.8, 4) is 5.75 Å². The summed E-state index contributed by atoms with van der Waals surface area (Å²) in [7, 11) is 0. The molecule has 0 amide bonds. The van der Waals surface area contributed by atoms with Gasteiger partial charge in [-0.25, -0.2) is 0 Å². The van der Waals surface area contributed by atoms with Crippen LogP contribution in [0.3, 0.4) is 0 Å². The van der Waals surface area contributed by atoms with E-state index in [1.54, 1.807) is 12.4 Å². The summed E-state index contributed by atoms with van der Waals surface area (Å²) in [5, 5.41) is 4.78. The first-order valence-corrected chi connectivity index (χ1v) is 11.7. The highest BCUT2D eigenvalue weighted by atomic mass is 16.5. The number of fused-ring (bicyclic) bond motifs is 2. The summed E-state index contributed by atoms with van der Waals surface area (Å²) < 4.78 is 12.4. The van der Waals surface area contributed by atoms with Gasteiger partial charge < -0.3 is 24.7 Å². The molecule has 2 aliphatic heterocycles. The van der Waals surface area contributed by atoms with Gasteiger partial charge in [0.2, 0.25) is 0 Å². The standard InChI is InChI=1S/C27H28N4O2/c1-2-4-24-23(3-1)20(18-29-24)9-14-31-19-27(10-15-32-16-11-27)33-26-17-22(5-6-25(26)31)30-21-7-12-28-13-8-21/h1-8,12-13,17-18,29H,9-11,14-16,19H2,(H,28,30). The molecule has 2 aromatic heterocycles. The zero-order valence-corrected chi connectivity index (χ0v) is 18.6. The highest BCUT2D eigenvalue weighted by molar-refractivity contribution is 5.83. The van der Waals surface area contributed by atoms with Gasteiger partial charge in [0.25, 0.3) is 0 Å². The van der Waals surface area contributed by atoms with Crippen molar-refractivity contribution in [2.75, 3.05) is 36.5 Å². The fourth-order valence-corrected chi connectivity index (χ4v) is 5.03. The Hall–Kier alpha value is -3.51. The second-order valence-electron chi connectivity index (χ2n) is 8.97. The summed E-state index contributed by atoms with van der Waals surface area (Å²) in [6, 6.07) is 18.9. The maximum atomic E-state index is 6.70. The van der Waals surface area contributed by atoms with Gasteiger partial charge in [-0.2, -0.15) is 0 Å². The monoisotopic (exact) mass is 440 g/mol. The third-order valence-corrected chi connectivity index (χ3v) is 6.80. The fraction of sp³-hybridized carbons (Fsp3) is 0.296. The van der Waals surface area contributed by atoms with Crippen molar-refractivity contribution in [1.29, 1.82) is 0 Å². The Kier molecular flexibility index (Phi) is 5.15. The lowest BCUT2D eigenvalue weighted by Crippen LogP contribution is -2.54. The molecule has 0 saturated carbocycles. The molecule has 0 bridgehead atoms. The van der Waals surface area contributed by atoms with Gasteiger partial charge in [-0.05, 0) is 42.3 Å². The number of hydrogen-bond acceptors (Lipinski definition) is 5. The van der Waals surface area contributed by atoms with E-state index in [-0.39, 0.29) is 5.60 Å². The Bertz CT molecular complexity index is 1250. The first kappa shape index (κ1) is 20.1. The molecule has 0 aliphatic carbocycles. The molecule has 0 atom stereocenters. The zero-order chi connectivity index (χ0) is 22.1. The van der Waals surface area contributed by atoms with Crippen LogP contribution in [-0.4, -0.2) is 41.9 Å². The molecule has 2 aromatic carbocycles. The van der Waals surface area contributed by atoms with E-state index < -0.39 is 0 Å². The molecule has 1 spiro atoms. The maximum absolute atomic E-state index is 6.70. The average molecular weight is 441 g/mol. The highest BCUT2D eigenvalue weighted by Gasteiger charge is 2.41. The molecular formula is C27H28N4O2. The number of pyridine rings is 1. The Balaban J connectivity index is 1.29. The molecule has 6 nitrogen and oxygen atoms in total. The van der Waals surface area contributed by atoms with Crippen LogP contribution >= 0.6 is 0 Å². The minimum Gasteiger partial charge on any atom is -0.483 e. The van der Waals surface area contributed by atoms with E-state index in [0.717, 1.165) is 68.4 Å². The number of anilines is 3. The van der Waals surface area contributed by atoms with Crippen LogP contribution in [0.1, 0.15) is 18.4 Å². The molecular weight excluding hydrogens is 412 g/mol. The first-order valence-electron chi connectivity index (χ1n) is 11.7. The summed E-state index contributed by atoms with van der Waals surface area (Å²) in [6.45, 7) is 3.34. The van der Waals surface area contributed by atoms with E-state index in [0.29, 0.717) is 0 Å². The normalized spacial score (nSPS) is 17.0. The van der Waals surface area contributed by atoms with E-state index in [1.165, 1.54) is 16.5 Å². The third kappa shape index (κ3) is 4.02. The molecule has 2 N–H and O–H groups in total. The van der Waals surface area contributed by atoms with E-state index in [9.17, 15) is 0 Å². The van der Waals surface area contributed by atoms with Gasteiger partial charge in [-0.1, -0.05) is 18.2 Å².